The van der Waals surface area contributed by atoms with Crippen molar-refractivity contribution in [2.45, 2.75) is 6.92 Å². The van der Waals surface area contributed by atoms with Crippen LogP contribution in [0.1, 0.15) is 25.6 Å². The summed E-state index contributed by atoms with van der Waals surface area (Å²) in [6, 6.07) is 7.36. The highest BCUT2D eigenvalue weighted by atomic mass is 79.9. The third kappa shape index (κ3) is 3.26. The van der Waals surface area contributed by atoms with Gasteiger partial charge >= 0.3 is 5.97 Å². The Balaban J connectivity index is 1.98. The first-order valence-corrected chi connectivity index (χ1v) is 9.25. The molecule has 0 aliphatic rings. The van der Waals surface area contributed by atoms with Gasteiger partial charge in [-0.2, -0.15) is 0 Å². The number of hydrogen-bond acceptors (Lipinski definition) is 5. The fourth-order valence-corrected chi connectivity index (χ4v) is 4.08. The van der Waals surface area contributed by atoms with Crippen LogP contribution < -0.4 is 5.32 Å². The Labute approximate surface area is 154 Å². The maximum atomic E-state index is 12.3. The Hall–Kier alpha value is -2.03. The van der Waals surface area contributed by atoms with E-state index in [1.54, 1.807) is 18.5 Å². The van der Waals surface area contributed by atoms with E-state index in [0.29, 0.717) is 15.4 Å². The molecule has 24 heavy (non-hydrogen) atoms. The minimum absolute atomic E-state index is 0.0952. The van der Waals surface area contributed by atoms with Gasteiger partial charge in [0.25, 0.3) is 5.91 Å². The van der Waals surface area contributed by atoms with E-state index in [9.17, 15) is 14.7 Å². The van der Waals surface area contributed by atoms with Gasteiger partial charge in [-0.25, -0.2) is 9.17 Å². The summed E-state index contributed by atoms with van der Waals surface area (Å²) >= 11 is 5.73. The number of thiophene rings is 1. The van der Waals surface area contributed by atoms with E-state index in [0.717, 1.165) is 27.1 Å². The van der Waals surface area contributed by atoms with E-state index in [-0.39, 0.29) is 11.5 Å². The molecule has 3 rings (SSSR count). The molecule has 122 valence electrons. The number of aromatic carboxylic acids is 1. The Bertz CT molecular complexity index is 916. The number of carboxylic acids is 1. The highest BCUT2D eigenvalue weighted by molar-refractivity contribution is 9.10. The van der Waals surface area contributed by atoms with Crippen LogP contribution in [-0.4, -0.2) is 21.4 Å². The second kappa shape index (κ2) is 6.84. The summed E-state index contributed by atoms with van der Waals surface area (Å²) in [5.41, 5.74) is 1.94. The lowest BCUT2D eigenvalue weighted by molar-refractivity contribution is 0.0699. The van der Waals surface area contributed by atoms with Crippen LogP contribution in [0, 0.1) is 6.92 Å². The molecule has 0 bridgehead atoms. The largest absolute Gasteiger partial charge is 0.478 e. The molecule has 1 amide bonds. The zero-order valence-corrected chi connectivity index (χ0v) is 15.6. The molecule has 0 atom stereocenters. The fourth-order valence-electron chi connectivity index (χ4n) is 2.16. The van der Waals surface area contributed by atoms with Crippen molar-refractivity contribution in [3.63, 3.8) is 0 Å². The molecule has 0 unspecified atom stereocenters. The van der Waals surface area contributed by atoms with Crippen LogP contribution in [0.4, 0.5) is 5.69 Å². The second-order valence-corrected chi connectivity index (χ2v) is 7.55. The van der Waals surface area contributed by atoms with Gasteiger partial charge in [-0.1, -0.05) is 28.1 Å². The lowest BCUT2D eigenvalue weighted by atomic mass is 10.1. The first-order valence-electron chi connectivity index (χ1n) is 6.80. The molecular weight excluding hydrogens is 412 g/mol. The number of aromatic nitrogens is 1. The first-order chi connectivity index (χ1) is 11.5. The molecule has 0 fully saturated rings. The van der Waals surface area contributed by atoms with Crippen LogP contribution >= 0.6 is 38.8 Å². The van der Waals surface area contributed by atoms with E-state index in [1.165, 1.54) is 11.3 Å². The average Bonchev–Trinajstić information content (AvgIpc) is 3.14. The van der Waals surface area contributed by atoms with Gasteiger partial charge in [-0.3, -0.25) is 4.79 Å². The van der Waals surface area contributed by atoms with Crippen LogP contribution in [0.2, 0.25) is 0 Å². The summed E-state index contributed by atoms with van der Waals surface area (Å²) in [7, 11) is 0. The molecule has 0 saturated carbocycles. The van der Waals surface area contributed by atoms with Crippen molar-refractivity contribution in [2.75, 3.05) is 5.32 Å². The van der Waals surface area contributed by atoms with Crippen LogP contribution in [0.3, 0.4) is 0 Å². The summed E-state index contributed by atoms with van der Waals surface area (Å²) in [6.07, 6.45) is 1.61. The highest BCUT2D eigenvalue weighted by Crippen LogP contribution is 2.37. The van der Waals surface area contributed by atoms with E-state index in [1.807, 2.05) is 24.3 Å². The van der Waals surface area contributed by atoms with E-state index in [2.05, 4.69) is 25.6 Å². The van der Waals surface area contributed by atoms with Gasteiger partial charge in [-0.15, -0.1) is 11.3 Å². The van der Waals surface area contributed by atoms with Crippen molar-refractivity contribution in [3.8, 4) is 10.4 Å². The third-order valence-corrected chi connectivity index (χ3v) is 5.77. The van der Waals surface area contributed by atoms with Crippen molar-refractivity contribution in [1.82, 2.24) is 4.37 Å². The van der Waals surface area contributed by atoms with E-state index in [4.69, 9.17) is 0 Å². The van der Waals surface area contributed by atoms with Crippen LogP contribution in [0.15, 0.2) is 40.3 Å². The molecule has 1 aromatic carbocycles. The zero-order valence-electron chi connectivity index (χ0n) is 12.4. The number of benzene rings is 1. The maximum absolute atomic E-state index is 12.3. The quantitative estimate of drug-likeness (QED) is 0.626. The minimum Gasteiger partial charge on any atom is -0.478 e. The molecule has 2 heterocycles. The van der Waals surface area contributed by atoms with Crippen molar-refractivity contribution in [2.24, 2.45) is 0 Å². The fraction of sp³-hybridized carbons (Fsp3) is 0.0625. The number of nitrogens with one attached hydrogen (secondary N) is 1. The number of carbonyl (C=O) groups excluding carboxylic acids is 1. The molecule has 2 N–H and O–H groups in total. The number of hydrogen-bond donors (Lipinski definition) is 2. The smallest absolute Gasteiger partial charge is 0.339 e. The standard InChI is InChI=1S/C16H11BrN2O3S2/c1-8-6-18-24-13(8)15(20)19-11-7-23-14(12(11)16(21)22)9-2-4-10(17)5-3-9/h2-7H,1H3,(H,19,20)(H,21,22). The topological polar surface area (TPSA) is 79.3 Å². The molecular formula is C16H11BrN2O3S2. The maximum Gasteiger partial charge on any atom is 0.339 e. The Kier molecular flexibility index (Phi) is 4.79. The highest BCUT2D eigenvalue weighted by Gasteiger charge is 2.22. The molecule has 0 radical (unpaired) electrons. The zero-order chi connectivity index (χ0) is 17.3. The monoisotopic (exact) mass is 422 g/mol. The number of aryl methyl sites for hydroxylation is 1. The van der Waals surface area contributed by atoms with Crippen molar-refractivity contribution >= 4 is 56.4 Å². The van der Waals surface area contributed by atoms with E-state index < -0.39 is 5.97 Å². The summed E-state index contributed by atoms with van der Waals surface area (Å²) in [6.45, 7) is 1.79. The number of rotatable bonds is 4. The predicted molar refractivity (Wildman–Crippen MR) is 99.2 cm³/mol. The Morgan fingerprint density at radius 2 is 1.96 bits per heavy atom. The van der Waals surface area contributed by atoms with Crippen molar-refractivity contribution in [3.05, 3.63) is 56.3 Å². The van der Waals surface area contributed by atoms with Crippen molar-refractivity contribution < 1.29 is 14.7 Å². The van der Waals surface area contributed by atoms with Gasteiger partial charge in [0, 0.05) is 16.0 Å². The number of nitrogens with zero attached hydrogens (tertiary/aromatic N) is 1. The van der Waals surface area contributed by atoms with Gasteiger partial charge in [0.05, 0.1) is 10.6 Å². The molecule has 0 saturated heterocycles. The van der Waals surface area contributed by atoms with Gasteiger partial charge in [-0.05, 0) is 41.7 Å². The summed E-state index contributed by atoms with van der Waals surface area (Å²) < 4.78 is 4.88. The third-order valence-electron chi connectivity index (χ3n) is 3.31. The molecule has 0 aliphatic carbocycles. The van der Waals surface area contributed by atoms with Crippen LogP contribution in [0.5, 0.6) is 0 Å². The molecule has 3 aromatic rings. The lowest BCUT2D eigenvalue weighted by Gasteiger charge is -2.05. The van der Waals surface area contributed by atoms with E-state index >= 15 is 0 Å². The lowest BCUT2D eigenvalue weighted by Crippen LogP contribution is -2.13. The molecule has 2 aromatic heterocycles. The number of carboxylic acid groups (broad SMARTS) is 1. The first kappa shape index (κ1) is 16.8. The van der Waals surface area contributed by atoms with Gasteiger partial charge in [0.1, 0.15) is 10.4 Å². The van der Waals surface area contributed by atoms with Gasteiger partial charge < -0.3 is 10.4 Å². The summed E-state index contributed by atoms with van der Waals surface area (Å²) in [4.78, 5) is 25.1. The molecule has 0 aliphatic heterocycles. The van der Waals surface area contributed by atoms with Crippen molar-refractivity contribution in [1.29, 1.82) is 0 Å². The molecule has 5 nitrogen and oxygen atoms in total. The summed E-state index contributed by atoms with van der Waals surface area (Å²) in [5, 5.41) is 13.9. The number of amides is 1. The summed E-state index contributed by atoms with van der Waals surface area (Å²) in [5.74, 6) is -1.43. The Morgan fingerprint density at radius 1 is 1.25 bits per heavy atom. The second-order valence-electron chi connectivity index (χ2n) is 4.96. The minimum atomic E-state index is -1.08. The van der Waals surface area contributed by atoms with Crippen LogP contribution in [-0.2, 0) is 0 Å². The molecule has 8 heteroatoms. The number of carbonyl (C=O) groups is 2. The Morgan fingerprint density at radius 3 is 2.54 bits per heavy atom. The predicted octanol–water partition coefficient (Wildman–Crippen LogP) is 4.89. The van der Waals surface area contributed by atoms with Crippen LogP contribution in [0.25, 0.3) is 10.4 Å². The average molecular weight is 423 g/mol. The molecule has 0 spiro atoms. The normalized spacial score (nSPS) is 10.6. The number of anilines is 1. The number of halogens is 1. The van der Waals surface area contributed by atoms with Gasteiger partial charge in [0.15, 0.2) is 0 Å². The SMILES string of the molecule is Cc1cnsc1C(=O)Nc1csc(-c2ccc(Br)cc2)c1C(=O)O. The van der Waals surface area contributed by atoms with Gasteiger partial charge in [0.2, 0.25) is 0 Å².